The molecule has 0 aliphatic heterocycles. The number of alkyl halides is 1. The summed E-state index contributed by atoms with van der Waals surface area (Å²) >= 11 is 2.43. The van der Waals surface area contributed by atoms with E-state index in [2.05, 4.69) is 27.9 Å². The van der Waals surface area contributed by atoms with Gasteiger partial charge in [-0.2, -0.15) is 0 Å². The fourth-order valence-corrected chi connectivity index (χ4v) is 1.75. The van der Waals surface area contributed by atoms with Gasteiger partial charge in [-0.3, -0.25) is 0 Å². The summed E-state index contributed by atoms with van der Waals surface area (Å²) in [7, 11) is 2.05. The average Bonchev–Trinajstić information content (AvgIpc) is 2.46. The van der Waals surface area contributed by atoms with Crippen molar-refractivity contribution in [2.75, 3.05) is 11.5 Å². The fourth-order valence-electron chi connectivity index (χ4n) is 0.601. The van der Waals surface area contributed by atoms with Gasteiger partial charge in [-0.05, 0) is 19.9 Å². The number of nitrogens with one attached hydrogen (secondary N) is 1. The molecule has 1 N–H and O–H groups in total. The Bertz CT molecular complexity index is 62.5. The highest BCUT2D eigenvalue weighted by atomic mass is 127. The first-order valence-electron chi connectivity index (χ1n) is 2.58. The van der Waals surface area contributed by atoms with Crippen molar-refractivity contribution < 1.29 is 0 Å². The number of rotatable bonds is 2. The molecule has 0 atom stereocenters. The Morgan fingerprint density at radius 2 is 2.29 bits per heavy atom. The van der Waals surface area contributed by atoms with Crippen LogP contribution in [-0.4, -0.2) is 17.0 Å². The van der Waals surface area contributed by atoms with Gasteiger partial charge < -0.3 is 5.32 Å². The quantitative estimate of drug-likeness (QED) is 0.534. The highest BCUT2D eigenvalue weighted by Crippen LogP contribution is 2.36. The zero-order chi connectivity index (χ0) is 5.33. The standard InChI is InChI=1S/C5H10IN/c1-7-5(4-6)2-3-5/h7H,2-4H2,1H3. The lowest BCUT2D eigenvalue weighted by Gasteiger charge is -2.06. The van der Waals surface area contributed by atoms with E-state index in [1.807, 2.05) is 7.05 Å². The lowest BCUT2D eigenvalue weighted by atomic mass is 10.3. The van der Waals surface area contributed by atoms with Crippen molar-refractivity contribution in [1.29, 1.82) is 0 Å². The molecule has 1 aliphatic carbocycles. The molecule has 2 heteroatoms. The van der Waals surface area contributed by atoms with E-state index in [0.29, 0.717) is 5.54 Å². The maximum Gasteiger partial charge on any atom is 0.0269 e. The van der Waals surface area contributed by atoms with E-state index in [9.17, 15) is 0 Å². The Kier molecular flexibility index (Phi) is 1.58. The number of hydrogen-bond acceptors (Lipinski definition) is 1. The number of hydrogen-bond donors (Lipinski definition) is 1. The van der Waals surface area contributed by atoms with Crippen molar-refractivity contribution in [3.05, 3.63) is 0 Å². The summed E-state index contributed by atoms with van der Waals surface area (Å²) in [6, 6.07) is 0. The Morgan fingerprint density at radius 3 is 2.29 bits per heavy atom. The highest BCUT2D eigenvalue weighted by molar-refractivity contribution is 14.1. The maximum atomic E-state index is 3.29. The largest absolute Gasteiger partial charge is 0.314 e. The maximum absolute atomic E-state index is 3.29. The van der Waals surface area contributed by atoms with Gasteiger partial charge in [-0.25, -0.2) is 0 Å². The molecule has 42 valence electrons. The van der Waals surface area contributed by atoms with Gasteiger partial charge in [0.2, 0.25) is 0 Å². The molecule has 0 heterocycles. The summed E-state index contributed by atoms with van der Waals surface area (Å²) in [5, 5.41) is 3.29. The Labute approximate surface area is 58.0 Å². The van der Waals surface area contributed by atoms with Crippen LogP contribution in [0.2, 0.25) is 0 Å². The molecule has 0 aromatic heterocycles. The second-order valence-corrected chi connectivity index (χ2v) is 2.93. The van der Waals surface area contributed by atoms with Gasteiger partial charge in [0.05, 0.1) is 0 Å². The predicted molar refractivity (Wildman–Crippen MR) is 39.9 cm³/mol. The lowest BCUT2D eigenvalue weighted by molar-refractivity contribution is 0.625. The van der Waals surface area contributed by atoms with Gasteiger partial charge in [-0.1, -0.05) is 22.6 Å². The van der Waals surface area contributed by atoms with Crippen LogP contribution in [-0.2, 0) is 0 Å². The van der Waals surface area contributed by atoms with Crippen LogP contribution in [0.4, 0.5) is 0 Å². The number of halogens is 1. The van der Waals surface area contributed by atoms with E-state index in [0.717, 1.165) is 0 Å². The van der Waals surface area contributed by atoms with E-state index in [4.69, 9.17) is 0 Å². The fraction of sp³-hybridized carbons (Fsp3) is 1.00. The van der Waals surface area contributed by atoms with E-state index in [1.165, 1.54) is 17.3 Å². The molecule has 1 saturated carbocycles. The summed E-state index contributed by atoms with van der Waals surface area (Å²) in [5.41, 5.74) is 0.570. The monoisotopic (exact) mass is 211 g/mol. The van der Waals surface area contributed by atoms with Crippen LogP contribution in [0, 0.1) is 0 Å². The minimum atomic E-state index is 0.570. The third-order valence-electron chi connectivity index (χ3n) is 1.64. The summed E-state index contributed by atoms with van der Waals surface area (Å²) < 4.78 is 1.27. The van der Waals surface area contributed by atoms with Gasteiger partial charge in [-0.15, -0.1) is 0 Å². The van der Waals surface area contributed by atoms with Crippen molar-refractivity contribution in [3.8, 4) is 0 Å². The second kappa shape index (κ2) is 1.90. The molecule has 1 aliphatic rings. The van der Waals surface area contributed by atoms with Gasteiger partial charge in [0.25, 0.3) is 0 Å². The first kappa shape index (κ1) is 5.82. The predicted octanol–water partition coefficient (Wildman–Crippen LogP) is 1.17. The van der Waals surface area contributed by atoms with Crippen LogP contribution in [0.3, 0.4) is 0 Å². The summed E-state index contributed by atoms with van der Waals surface area (Å²) in [6.45, 7) is 0. The third kappa shape index (κ3) is 1.08. The Morgan fingerprint density at radius 1 is 1.71 bits per heavy atom. The lowest BCUT2D eigenvalue weighted by Crippen LogP contribution is -2.28. The van der Waals surface area contributed by atoms with Gasteiger partial charge in [0, 0.05) is 9.97 Å². The molecule has 0 spiro atoms. The molecular weight excluding hydrogens is 201 g/mol. The second-order valence-electron chi connectivity index (χ2n) is 2.16. The topological polar surface area (TPSA) is 12.0 Å². The van der Waals surface area contributed by atoms with Crippen LogP contribution in [0.5, 0.6) is 0 Å². The molecule has 7 heavy (non-hydrogen) atoms. The van der Waals surface area contributed by atoms with Gasteiger partial charge in [0.15, 0.2) is 0 Å². The van der Waals surface area contributed by atoms with Crippen molar-refractivity contribution in [2.24, 2.45) is 0 Å². The van der Waals surface area contributed by atoms with Crippen LogP contribution < -0.4 is 5.32 Å². The van der Waals surface area contributed by atoms with Crippen LogP contribution >= 0.6 is 22.6 Å². The molecule has 1 nitrogen and oxygen atoms in total. The summed E-state index contributed by atoms with van der Waals surface area (Å²) in [5.74, 6) is 0. The van der Waals surface area contributed by atoms with E-state index in [-0.39, 0.29) is 0 Å². The highest BCUT2D eigenvalue weighted by Gasteiger charge is 2.39. The van der Waals surface area contributed by atoms with Crippen molar-refractivity contribution in [3.63, 3.8) is 0 Å². The molecule has 0 saturated heterocycles. The van der Waals surface area contributed by atoms with Crippen molar-refractivity contribution in [1.82, 2.24) is 5.32 Å². The summed E-state index contributed by atoms with van der Waals surface area (Å²) in [6.07, 6.45) is 2.76. The van der Waals surface area contributed by atoms with Gasteiger partial charge in [0.1, 0.15) is 0 Å². The van der Waals surface area contributed by atoms with Crippen molar-refractivity contribution >= 4 is 22.6 Å². The minimum Gasteiger partial charge on any atom is -0.314 e. The molecule has 0 radical (unpaired) electrons. The summed E-state index contributed by atoms with van der Waals surface area (Å²) in [4.78, 5) is 0. The van der Waals surface area contributed by atoms with E-state index >= 15 is 0 Å². The smallest absolute Gasteiger partial charge is 0.0269 e. The van der Waals surface area contributed by atoms with Crippen LogP contribution in [0.25, 0.3) is 0 Å². The Hall–Kier alpha value is 0.690. The molecular formula is C5H10IN. The molecule has 1 fully saturated rings. The molecule has 1 rings (SSSR count). The third-order valence-corrected chi connectivity index (χ3v) is 3.10. The minimum absolute atomic E-state index is 0.570. The van der Waals surface area contributed by atoms with Crippen LogP contribution in [0.1, 0.15) is 12.8 Å². The van der Waals surface area contributed by atoms with E-state index < -0.39 is 0 Å². The molecule has 0 bridgehead atoms. The zero-order valence-electron chi connectivity index (χ0n) is 4.50. The van der Waals surface area contributed by atoms with Crippen LogP contribution in [0.15, 0.2) is 0 Å². The van der Waals surface area contributed by atoms with E-state index in [1.54, 1.807) is 0 Å². The van der Waals surface area contributed by atoms with Gasteiger partial charge >= 0.3 is 0 Å². The average molecular weight is 211 g/mol. The first-order valence-corrected chi connectivity index (χ1v) is 4.10. The molecule has 0 amide bonds. The zero-order valence-corrected chi connectivity index (χ0v) is 6.66. The first-order chi connectivity index (χ1) is 3.33. The molecule has 0 aromatic carbocycles. The van der Waals surface area contributed by atoms with Crippen molar-refractivity contribution in [2.45, 2.75) is 18.4 Å². The Balaban J connectivity index is 2.28. The normalized spacial score (nSPS) is 24.9. The SMILES string of the molecule is CNC1(CI)CC1. The molecule has 0 unspecified atom stereocenters. The molecule has 0 aromatic rings.